The molecule has 272 valence electrons. The van der Waals surface area contributed by atoms with Crippen LogP contribution in [0.25, 0.3) is 44.5 Å². The fourth-order valence-electron chi connectivity index (χ4n) is 7.72. The van der Waals surface area contributed by atoms with E-state index < -0.39 is 0 Å². The fraction of sp³-hybridized carbons (Fsp3) is 0.0182. The molecule has 9 aromatic carbocycles. The molecule has 0 aliphatic rings. The molecule has 0 radical (unpaired) electrons. The lowest BCUT2D eigenvalue weighted by atomic mass is 10.0. The summed E-state index contributed by atoms with van der Waals surface area (Å²) in [6.45, 7) is 2.20. The summed E-state index contributed by atoms with van der Waals surface area (Å²) in [7, 11) is 0. The molecule has 0 saturated heterocycles. The lowest BCUT2D eigenvalue weighted by Crippen LogP contribution is -2.14. The van der Waals surface area contributed by atoms with Crippen LogP contribution in [-0.2, 0) is 0 Å². The maximum Gasteiger partial charge on any atom is 0.0485 e. The summed E-state index contributed by atoms with van der Waals surface area (Å²) in [5.74, 6) is 0. The highest BCUT2D eigenvalue weighted by atomic mass is 15.2. The van der Waals surface area contributed by atoms with E-state index in [1.54, 1.807) is 0 Å². The maximum atomic E-state index is 2.40. The van der Waals surface area contributed by atoms with Gasteiger partial charge in [-0.05, 0) is 124 Å². The predicted octanol–water partition coefficient (Wildman–Crippen LogP) is 15.6. The first-order valence-corrected chi connectivity index (χ1v) is 19.5. The Hall–Kier alpha value is -7.42. The zero-order valence-corrected chi connectivity index (χ0v) is 31.9. The average Bonchev–Trinajstić information content (AvgIpc) is 3.28. The number of aryl methyl sites for hydroxylation is 1. The van der Waals surface area contributed by atoms with Gasteiger partial charge >= 0.3 is 0 Å². The summed E-state index contributed by atoms with van der Waals surface area (Å²) in [4.78, 5) is 4.79. The summed E-state index contributed by atoms with van der Waals surface area (Å²) in [5, 5.41) is 0. The van der Waals surface area contributed by atoms with Crippen LogP contribution in [0.3, 0.4) is 0 Å². The molecule has 0 saturated carbocycles. The molecule has 9 rings (SSSR count). The summed E-state index contributed by atoms with van der Waals surface area (Å²) >= 11 is 0. The van der Waals surface area contributed by atoms with Gasteiger partial charge in [-0.25, -0.2) is 0 Å². The van der Waals surface area contributed by atoms with Crippen molar-refractivity contribution in [1.82, 2.24) is 0 Å². The molecule has 0 aliphatic carbocycles. The van der Waals surface area contributed by atoms with Crippen molar-refractivity contribution in [3.8, 4) is 44.5 Å². The highest BCUT2D eigenvalue weighted by Gasteiger charge is 2.20. The van der Waals surface area contributed by atoms with E-state index in [-0.39, 0.29) is 0 Å². The van der Waals surface area contributed by atoms with E-state index in [0.29, 0.717) is 0 Å². The van der Waals surface area contributed by atoms with Crippen molar-refractivity contribution >= 4 is 34.1 Å². The van der Waals surface area contributed by atoms with Crippen LogP contribution >= 0.6 is 0 Å². The number of hydrogen-bond acceptors (Lipinski definition) is 2. The van der Waals surface area contributed by atoms with Crippen LogP contribution in [0.1, 0.15) is 5.56 Å². The van der Waals surface area contributed by atoms with Gasteiger partial charge < -0.3 is 9.80 Å². The number of benzene rings is 9. The molecule has 57 heavy (non-hydrogen) atoms. The molecule has 0 aromatic heterocycles. The van der Waals surface area contributed by atoms with Gasteiger partial charge in [0.2, 0.25) is 0 Å². The molecule has 0 atom stereocenters. The van der Waals surface area contributed by atoms with Crippen LogP contribution in [0, 0.1) is 6.92 Å². The third-order valence-electron chi connectivity index (χ3n) is 10.4. The monoisotopic (exact) mass is 730 g/mol. The molecule has 2 heteroatoms. The number of anilines is 6. The van der Waals surface area contributed by atoms with Crippen molar-refractivity contribution in [2.24, 2.45) is 0 Å². The van der Waals surface area contributed by atoms with Gasteiger partial charge in [-0.3, -0.25) is 0 Å². The standard InChI is InChI=1S/C55H42N2/c1-41-34-54(56(50-30-14-26-46(36-50)42-18-6-2-7-19-42)51-31-15-27-47(37-51)43-20-8-3-9-21-43)40-55(35-41)57(52-32-16-28-48(38-52)44-22-10-4-11-23-44)53-33-17-29-49(39-53)45-24-12-5-13-25-45/h2-40H,1H3. The molecule has 0 amide bonds. The quantitative estimate of drug-likeness (QED) is 0.138. The minimum atomic E-state index is 1.07. The van der Waals surface area contributed by atoms with Gasteiger partial charge in [0.25, 0.3) is 0 Å². The van der Waals surface area contributed by atoms with E-state index in [1.165, 1.54) is 44.5 Å². The zero-order valence-electron chi connectivity index (χ0n) is 31.9. The van der Waals surface area contributed by atoms with Crippen LogP contribution in [0.2, 0.25) is 0 Å². The van der Waals surface area contributed by atoms with E-state index >= 15 is 0 Å². The zero-order chi connectivity index (χ0) is 38.4. The topological polar surface area (TPSA) is 6.48 Å². The van der Waals surface area contributed by atoms with Crippen molar-refractivity contribution < 1.29 is 0 Å². The Balaban J connectivity index is 1.24. The molecule has 2 nitrogen and oxygen atoms in total. The molecule has 0 bridgehead atoms. The van der Waals surface area contributed by atoms with Crippen molar-refractivity contribution in [3.63, 3.8) is 0 Å². The predicted molar refractivity (Wildman–Crippen MR) is 242 cm³/mol. The van der Waals surface area contributed by atoms with Crippen LogP contribution in [0.5, 0.6) is 0 Å². The Morgan fingerprint density at radius 2 is 0.456 bits per heavy atom. The second kappa shape index (κ2) is 16.1. The van der Waals surface area contributed by atoms with Crippen LogP contribution in [0.4, 0.5) is 34.1 Å². The molecule has 0 heterocycles. The molecular formula is C55H42N2. The van der Waals surface area contributed by atoms with E-state index in [2.05, 4.69) is 253 Å². The number of nitrogens with zero attached hydrogens (tertiary/aromatic N) is 2. The Morgan fingerprint density at radius 1 is 0.211 bits per heavy atom. The minimum Gasteiger partial charge on any atom is -0.310 e. The average molecular weight is 731 g/mol. The SMILES string of the molecule is Cc1cc(N(c2cccc(-c3ccccc3)c2)c2cccc(-c3ccccc3)c2)cc(N(c2cccc(-c3ccccc3)c2)c2cccc(-c3ccccc3)c2)c1. The lowest BCUT2D eigenvalue weighted by molar-refractivity contribution is 1.23. The molecule has 0 spiro atoms. The fourth-order valence-corrected chi connectivity index (χ4v) is 7.72. The second-order valence-electron chi connectivity index (χ2n) is 14.4. The Morgan fingerprint density at radius 3 is 0.719 bits per heavy atom. The van der Waals surface area contributed by atoms with Gasteiger partial charge in [0, 0.05) is 34.1 Å². The number of hydrogen-bond donors (Lipinski definition) is 0. The third-order valence-corrected chi connectivity index (χ3v) is 10.4. The Labute approximate surface area is 336 Å². The first kappa shape index (κ1) is 35.3. The highest BCUT2D eigenvalue weighted by molar-refractivity contribution is 5.88. The number of rotatable bonds is 10. The maximum absolute atomic E-state index is 2.40. The third kappa shape index (κ3) is 7.76. The molecule has 0 N–H and O–H groups in total. The van der Waals surface area contributed by atoms with Gasteiger partial charge in [0.05, 0.1) is 0 Å². The first-order chi connectivity index (χ1) is 28.2. The minimum absolute atomic E-state index is 1.07. The summed E-state index contributed by atoms with van der Waals surface area (Å²) in [6, 6.07) is 84.9. The molecule has 0 fully saturated rings. The van der Waals surface area contributed by atoms with Gasteiger partial charge in [0.1, 0.15) is 0 Å². The smallest absolute Gasteiger partial charge is 0.0485 e. The van der Waals surface area contributed by atoms with Gasteiger partial charge in [-0.2, -0.15) is 0 Å². The second-order valence-corrected chi connectivity index (χ2v) is 14.4. The van der Waals surface area contributed by atoms with Gasteiger partial charge in [-0.15, -0.1) is 0 Å². The van der Waals surface area contributed by atoms with E-state index in [1.807, 2.05) is 0 Å². The Kier molecular flexibility index (Phi) is 9.99. The lowest BCUT2D eigenvalue weighted by Gasteiger charge is -2.31. The van der Waals surface area contributed by atoms with Crippen molar-refractivity contribution in [3.05, 3.63) is 242 Å². The van der Waals surface area contributed by atoms with E-state index in [4.69, 9.17) is 0 Å². The largest absolute Gasteiger partial charge is 0.310 e. The summed E-state index contributed by atoms with van der Waals surface area (Å²) in [6.07, 6.45) is 0. The summed E-state index contributed by atoms with van der Waals surface area (Å²) in [5.41, 5.74) is 17.1. The van der Waals surface area contributed by atoms with Gasteiger partial charge in [0.15, 0.2) is 0 Å². The van der Waals surface area contributed by atoms with E-state index in [0.717, 1.165) is 39.7 Å². The van der Waals surface area contributed by atoms with Crippen molar-refractivity contribution in [2.75, 3.05) is 9.80 Å². The Bertz CT molecular complexity index is 2390. The van der Waals surface area contributed by atoms with Gasteiger partial charge in [-0.1, -0.05) is 170 Å². The van der Waals surface area contributed by atoms with E-state index in [9.17, 15) is 0 Å². The summed E-state index contributed by atoms with van der Waals surface area (Å²) < 4.78 is 0. The molecular weight excluding hydrogens is 689 g/mol. The first-order valence-electron chi connectivity index (χ1n) is 19.5. The molecule has 9 aromatic rings. The van der Waals surface area contributed by atoms with Crippen LogP contribution < -0.4 is 9.80 Å². The van der Waals surface area contributed by atoms with Crippen molar-refractivity contribution in [2.45, 2.75) is 6.92 Å². The highest BCUT2D eigenvalue weighted by Crippen LogP contribution is 2.44. The normalized spacial score (nSPS) is 10.9. The molecule has 0 unspecified atom stereocenters. The molecule has 0 aliphatic heterocycles. The van der Waals surface area contributed by atoms with Crippen LogP contribution in [-0.4, -0.2) is 0 Å². The van der Waals surface area contributed by atoms with Crippen molar-refractivity contribution in [1.29, 1.82) is 0 Å². The van der Waals surface area contributed by atoms with Crippen LogP contribution in [0.15, 0.2) is 237 Å².